The quantitative estimate of drug-likeness (QED) is 0.794. The Hall–Kier alpha value is -2.43. The molecule has 0 bridgehead atoms. The summed E-state index contributed by atoms with van der Waals surface area (Å²) in [7, 11) is 0. The molecule has 27 heavy (non-hydrogen) atoms. The summed E-state index contributed by atoms with van der Waals surface area (Å²) in [6, 6.07) is 10.1. The molecule has 1 aromatic carbocycles. The Kier molecular flexibility index (Phi) is 6.43. The van der Waals surface area contributed by atoms with E-state index >= 15 is 0 Å². The highest BCUT2D eigenvalue weighted by Gasteiger charge is 2.19. The summed E-state index contributed by atoms with van der Waals surface area (Å²) in [5.41, 5.74) is 2.78. The van der Waals surface area contributed by atoms with E-state index in [2.05, 4.69) is 26.2 Å². The van der Waals surface area contributed by atoms with Crippen molar-refractivity contribution in [2.75, 3.05) is 42.5 Å². The van der Waals surface area contributed by atoms with Gasteiger partial charge in [0.1, 0.15) is 6.07 Å². The monoisotopic (exact) mass is 383 g/mol. The predicted octanol–water partition coefficient (Wildman–Crippen LogP) is 3.10. The van der Waals surface area contributed by atoms with E-state index in [0.29, 0.717) is 6.54 Å². The van der Waals surface area contributed by atoms with Crippen molar-refractivity contribution in [3.8, 4) is 6.07 Å². The van der Waals surface area contributed by atoms with Crippen LogP contribution in [0.15, 0.2) is 29.6 Å². The van der Waals surface area contributed by atoms with Gasteiger partial charge in [0.25, 0.3) is 0 Å². The van der Waals surface area contributed by atoms with Crippen molar-refractivity contribution in [1.82, 2.24) is 9.88 Å². The molecule has 0 radical (unpaired) electrons. The maximum absolute atomic E-state index is 11.7. The number of amides is 1. The van der Waals surface area contributed by atoms with Crippen molar-refractivity contribution >= 4 is 28.1 Å². The van der Waals surface area contributed by atoms with Crippen LogP contribution in [0.5, 0.6) is 0 Å². The summed E-state index contributed by atoms with van der Waals surface area (Å²) in [6.07, 6.45) is 1.05. The van der Waals surface area contributed by atoms with E-state index in [1.54, 1.807) is 11.8 Å². The van der Waals surface area contributed by atoms with Gasteiger partial charge in [-0.3, -0.25) is 14.6 Å². The molecule has 2 heterocycles. The molecule has 2 aromatic rings. The highest BCUT2D eigenvalue weighted by molar-refractivity contribution is 7.14. The first-order valence-corrected chi connectivity index (χ1v) is 10.2. The number of benzene rings is 1. The van der Waals surface area contributed by atoms with E-state index in [1.807, 2.05) is 31.2 Å². The van der Waals surface area contributed by atoms with Crippen LogP contribution >= 0.6 is 11.3 Å². The third-order valence-electron chi connectivity index (χ3n) is 4.81. The smallest absolute Gasteiger partial charge is 0.225 e. The first-order chi connectivity index (χ1) is 13.1. The van der Waals surface area contributed by atoms with E-state index in [9.17, 15) is 10.1 Å². The summed E-state index contributed by atoms with van der Waals surface area (Å²) in [5, 5.41) is 12.2. The normalized spacial score (nSPS) is 15.2. The maximum atomic E-state index is 11.7. The number of nitriles is 1. The number of aromatic nitrogens is 1. The number of hydrogen-bond acceptors (Lipinski definition) is 6. The lowest BCUT2D eigenvalue weighted by molar-refractivity contribution is -0.116. The third-order valence-corrected chi connectivity index (χ3v) is 5.72. The Labute approximate surface area is 164 Å². The second kappa shape index (κ2) is 8.98. The van der Waals surface area contributed by atoms with Gasteiger partial charge < -0.3 is 4.90 Å². The minimum Gasteiger partial charge on any atom is -0.369 e. The summed E-state index contributed by atoms with van der Waals surface area (Å²) >= 11 is 1.53. The van der Waals surface area contributed by atoms with Gasteiger partial charge >= 0.3 is 0 Å². The van der Waals surface area contributed by atoms with E-state index in [1.165, 1.54) is 11.3 Å². The Bertz CT molecular complexity index is 828. The molecule has 6 nitrogen and oxygen atoms in total. The van der Waals surface area contributed by atoms with Gasteiger partial charge in [-0.1, -0.05) is 12.1 Å². The van der Waals surface area contributed by atoms with Crippen molar-refractivity contribution in [2.24, 2.45) is 0 Å². The summed E-state index contributed by atoms with van der Waals surface area (Å²) in [6.45, 7) is 8.74. The molecule has 7 heteroatoms. The topological polar surface area (TPSA) is 63.5 Å². The average Bonchev–Trinajstić information content (AvgIpc) is 2.99. The van der Waals surface area contributed by atoms with Gasteiger partial charge in [-0.15, -0.1) is 11.3 Å². The highest BCUT2D eigenvalue weighted by atomic mass is 32.1. The van der Waals surface area contributed by atoms with Crippen LogP contribution in [0.25, 0.3) is 0 Å². The van der Waals surface area contributed by atoms with Crippen LogP contribution in [0, 0.1) is 11.3 Å². The molecule has 3 rings (SSSR count). The Morgan fingerprint density at radius 1 is 1.30 bits per heavy atom. The van der Waals surface area contributed by atoms with Gasteiger partial charge in [-0.2, -0.15) is 5.26 Å². The summed E-state index contributed by atoms with van der Waals surface area (Å²) < 4.78 is 0. The SMILES string of the molecule is CCN(C(C)=O)c1nc(CN2CCCN(c3ccccc3C#N)CC2)cs1. The van der Waals surface area contributed by atoms with Gasteiger partial charge in [0.15, 0.2) is 5.13 Å². The predicted molar refractivity (Wildman–Crippen MR) is 109 cm³/mol. The molecular weight excluding hydrogens is 358 g/mol. The van der Waals surface area contributed by atoms with Gasteiger partial charge in [0.2, 0.25) is 5.91 Å². The van der Waals surface area contributed by atoms with Crippen LogP contribution in [0.2, 0.25) is 0 Å². The molecule has 1 saturated heterocycles. The van der Waals surface area contributed by atoms with Gasteiger partial charge in [-0.25, -0.2) is 4.98 Å². The number of carbonyl (C=O) groups is 1. The van der Waals surface area contributed by atoms with E-state index in [-0.39, 0.29) is 5.91 Å². The van der Waals surface area contributed by atoms with Crippen LogP contribution in [0.4, 0.5) is 10.8 Å². The minimum absolute atomic E-state index is 0.0278. The van der Waals surface area contributed by atoms with Crippen molar-refractivity contribution in [2.45, 2.75) is 26.8 Å². The molecule has 0 unspecified atom stereocenters. The Morgan fingerprint density at radius 2 is 2.11 bits per heavy atom. The average molecular weight is 384 g/mol. The zero-order valence-electron chi connectivity index (χ0n) is 15.9. The number of nitrogens with zero attached hydrogens (tertiary/aromatic N) is 5. The number of thiazole rings is 1. The van der Waals surface area contributed by atoms with Crippen LogP contribution in [0.3, 0.4) is 0 Å². The molecule has 0 spiro atoms. The molecule has 142 valence electrons. The standard InChI is InChI=1S/C20H25N5OS/c1-3-25(16(2)26)20-22-18(15-27-20)14-23-9-6-10-24(12-11-23)19-8-5-4-7-17(19)13-21/h4-5,7-8,15H,3,6,9-12,14H2,1-2H3. The summed E-state index contributed by atoms with van der Waals surface area (Å²) in [4.78, 5) is 22.8. The molecule has 0 saturated carbocycles. The fourth-order valence-electron chi connectivity index (χ4n) is 3.43. The van der Waals surface area contributed by atoms with Gasteiger partial charge in [-0.05, 0) is 25.5 Å². The van der Waals surface area contributed by atoms with E-state index in [4.69, 9.17) is 0 Å². The van der Waals surface area contributed by atoms with E-state index in [0.717, 1.165) is 61.2 Å². The first-order valence-electron chi connectivity index (χ1n) is 9.31. The van der Waals surface area contributed by atoms with Crippen molar-refractivity contribution in [1.29, 1.82) is 5.26 Å². The molecule has 0 atom stereocenters. The lowest BCUT2D eigenvalue weighted by Crippen LogP contribution is -2.31. The second-order valence-corrected chi connectivity index (χ2v) is 7.47. The molecular formula is C20H25N5OS. The van der Waals surface area contributed by atoms with Crippen LogP contribution in [-0.2, 0) is 11.3 Å². The number of rotatable bonds is 5. The van der Waals surface area contributed by atoms with Gasteiger partial charge in [0, 0.05) is 51.6 Å². The second-order valence-electron chi connectivity index (χ2n) is 6.63. The number of anilines is 2. The zero-order chi connectivity index (χ0) is 19.2. The number of carbonyl (C=O) groups excluding carboxylic acids is 1. The molecule has 1 aliphatic rings. The number of para-hydroxylation sites is 1. The molecule has 1 aromatic heterocycles. The van der Waals surface area contributed by atoms with Crippen LogP contribution in [-0.4, -0.2) is 48.5 Å². The van der Waals surface area contributed by atoms with Crippen molar-refractivity contribution in [3.05, 3.63) is 40.9 Å². The lowest BCUT2D eigenvalue weighted by Gasteiger charge is -2.24. The molecule has 0 aliphatic carbocycles. The minimum atomic E-state index is 0.0278. The highest BCUT2D eigenvalue weighted by Crippen LogP contribution is 2.24. The lowest BCUT2D eigenvalue weighted by atomic mass is 10.1. The molecule has 0 N–H and O–H groups in total. The molecule has 1 amide bonds. The third kappa shape index (κ3) is 4.65. The first kappa shape index (κ1) is 19.3. The van der Waals surface area contributed by atoms with Crippen molar-refractivity contribution < 1.29 is 4.79 Å². The maximum Gasteiger partial charge on any atom is 0.225 e. The van der Waals surface area contributed by atoms with Crippen LogP contribution < -0.4 is 9.80 Å². The Balaban J connectivity index is 1.63. The fraction of sp³-hybridized carbons (Fsp3) is 0.450. The molecule has 1 aliphatic heterocycles. The van der Waals surface area contributed by atoms with Crippen molar-refractivity contribution in [3.63, 3.8) is 0 Å². The van der Waals surface area contributed by atoms with E-state index < -0.39 is 0 Å². The fourth-order valence-corrected chi connectivity index (χ4v) is 4.35. The van der Waals surface area contributed by atoms with Crippen LogP contribution in [0.1, 0.15) is 31.5 Å². The van der Waals surface area contributed by atoms with Gasteiger partial charge in [0.05, 0.1) is 16.9 Å². The zero-order valence-corrected chi connectivity index (χ0v) is 16.7. The molecule has 1 fully saturated rings. The Morgan fingerprint density at radius 3 is 2.85 bits per heavy atom. The number of hydrogen-bond donors (Lipinski definition) is 0. The largest absolute Gasteiger partial charge is 0.369 e. The summed E-state index contributed by atoms with van der Waals surface area (Å²) in [5.74, 6) is 0.0278.